The number of ether oxygens (including phenoxy) is 1. The Morgan fingerprint density at radius 2 is 2.16 bits per heavy atom. The highest BCUT2D eigenvalue weighted by atomic mass is 16.5. The van der Waals surface area contributed by atoms with E-state index in [0.29, 0.717) is 0 Å². The van der Waals surface area contributed by atoms with Gasteiger partial charge in [-0.15, -0.1) is 0 Å². The highest BCUT2D eigenvalue weighted by molar-refractivity contribution is 5.40. The minimum atomic E-state index is 0.0988. The van der Waals surface area contributed by atoms with Crippen LogP contribution in [0.3, 0.4) is 0 Å². The molecule has 0 aliphatic heterocycles. The Hall–Kier alpha value is -1.81. The zero-order chi connectivity index (χ0) is 13.7. The van der Waals surface area contributed by atoms with Crippen LogP contribution < -0.4 is 10.1 Å². The zero-order valence-corrected chi connectivity index (χ0v) is 11.8. The van der Waals surface area contributed by atoms with Gasteiger partial charge in [0.05, 0.1) is 19.3 Å². The normalized spacial score (nSPS) is 12.4. The molecule has 1 atom stereocenters. The van der Waals surface area contributed by atoms with Crippen molar-refractivity contribution in [1.82, 2.24) is 15.1 Å². The number of para-hydroxylation sites is 1. The average Bonchev–Trinajstić information content (AvgIpc) is 2.89. The fourth-order valence-electron chi connectivity index (χ4n) is 2.29. The van der Waals surface area contributed by atoms with Crippen molar-refractivity contribution in [3.63, 3.8) is 0 Å². The molecule has 1 aromatic heterocycles. The molecule has 0 amide bonds. The van der Waals surface area contributed by atoms with Gasteiger partial charge >= 0.3 is 0 Å². The number of aryl methyl sites for hydroxylation is 1. The molecule has 0 spiro atoms. The number of aromatic nitrogens is 2. The van der Waals surface area contributed by atoms with Gasteiger partial charge in [0.1, 0.15) is 5.75 Å². The van der Waals surface area contributed by atoms with Crippen molar-refractivity contribution in [3.05, 3.63) is 47.8 Å². The van der Waals surface area contributed by atoms with Gasteiger partial charge in [-0.05, 0) is 19.5 Å². The molecule has 1 aromatic carbocycles. The van der Waals surface area contributed by atoms with E-state index in [-0.39, 0.29) is 6.04 Å². The standard InChI is InChI=1S/C15H21N3O/c1-4-9-18-11-12(10-17-18)15(16-2)13-7-5-6-8-14(13)19-3/h5-8,10-11,15-16H,4,9H2,1-3H3. The molecule has 4 nitrogen and oxygen atoms in total. The smallest absolute Gasteiger partial charge is 0.123 e. The summed E-state index contributed by atoms with van der Waals surface area (Å²) < 4.78 is 7.42. The van der Waals surface area contributed by atoms with E-state index in [1.165, 1.54) is 0 Å². The highest BCUT2D eigenvalue weighted by Crippen LogP contribution is 2.29. The predicted octanol–water partition coefficient (Wildman–Crippen LogP) is 2.61. The van der Waals surface area contributed by atoms with Crippen LogP contribution in [0.15, 0.2) is 36.7 Å². The molecule has 4 heteroatoms. The molecule has 2 rings (SSSR count). The molecule has 0 saturated carbocycles. The summed E-state index contributed by atoms with van der Waals surface area (Å²) in [7, 11) is 3.65. The number of benzene rings is 1. The van der Waals surface area contributed by atoms with E-state index in [9.17, 15) is 0 Å². The van der Waals surface area contributed by atoms with Crippen LogP contribution in [0.5, 0.6) is 5.75 Å². The number of hydrogen-bond acceptors (Lipinski definition) is 3. The largest absolute Gasteiger partial charge is 0.496 e. The van der Waals surface area contributed by atoms with Gasteiger partial charge in [-0.1, -0.05) is 25.1 Å². The Labute approximate surface area is 114 Å². The molecular formula is C15H21N3O. The second kappa shape index (κ2) is 6.38. The van der Waals surface area contributed by atoms with E-state index < -0.39 is 0 Å². The van der Waals surface area contributed by atoms with Crippen LogP contribution in [0.25, 0.3) is 0 Å². The van der Waals surface area contributed by atoms with Crippen molar-refractivity contribution in [2.75, 3.05) is 14.2 Å². The first-order chi connectivity index (χ1) is 9.30. The summed E-state index contributed by atoms with van der Waals surface area (Å²) in [6, 6.07) is 8.17. The molecule has 1 unspecified atom stereocenters. The van der Waals surface area contributed by atoms with Crippen molar-refractivity contribution in [2.45, 2.75) is 25.9 Å². The topological polar surface area (TPSA) is 39.1 Å². The Morgan fingerprint density at radius 3 is 2.84 bits per heavy atom. The van der Waals surface area contributed by atoms with Gasteiger partial charge in [-0.3, -0.25) is 4.68 Å². The summed E-state index contributed by atoms with van der Waals surface area (Å²) in [5.74, 6) is 0.894. The Kier molecular flexibility index (Phi) is 4.58. The Bertz CT molecular complexity index is 522. The monoisotopic (exact) mass is 259 g/mol. The first-order valence-electron chi connectivity index (χ1n) is 6.62. The van der Waals surface area contributed by atoms with Gasteiger partial charge in [0, 0.05) is 23.9 Å². The third-order valence-electron chi connectivity index (χ3n) is 3.18. The number of rotatable bonds is 6. The van der Waals surface area contributed by atoms with Crippen molar-refractivity contribution in [3.8, 4) is 5.75 Å². The molecule has 0 saturated heterocycles. The molecule has 0 radical (unpaired) electrons. The van der Waals surface area contributed by atoms with Gasteiger partial charge in [0.25, 0.3) is 0 Å². The lowest BCUT2D eigenvalue weighted by atomic mass is 10.0. The minimum absolute atomic E-state index is 0.0988. The molecule has 2 aromatic rings. The molecule has 0 bridgehead atoms. The third kappa shape index (κ3) is 2.96. The summed E-state index contributed by atoms with van der Waals surface area (Å²) in [4.78, 5) is 0. The molecule has 1 N–H and O–H groups in total. The van der Waals surface area contributed by atoms with Gasteiger partial charge < -0.3 is 10.1 Å². The van der Waals surface area contributed by atoms with E-state index >= 15 is 0 Å². The molecule has 102 valence electrons. The maximum absolute atomic E-state index is 5.44. The number of nitrogens with one attached hydrogen (secondary N) is 1. The Morgan fingerprint density at radius 1 is 1.37 bits per heavy atom. The van der Waals surface area contributed by atoms with Crippen LogP contribution in [0.1, 0.15) is 30.5 Å². The minimum Gasteiger partial charge on any atom is -0.496 e. The van der Waals surface area contributed by atoms with Gasteiger partial charge in [0.2, 0.25) is 0 Å². The van der Waals surface area contributed by atoms with Gasteiger partial charge in [-0.2, -0.15) is 5.10 Å². The van der Waals surface area contributed by atoms with Crippen LogP contribution in [0.4, 0.5) is 0 Å². The SMILES string of the molecule is CCCn1cc(C(NC)c2ccccc2OC)cn1. The second-order valence-electron chi connectivity index (χ2n) is 4.50. The molecule has 19 heavy (non-hydrogen) atoms. The van der Waals surface area contributed by atoms with E-state index in [1.54, 1.807) is 7.11 Å². The van der Waals surface area contributed by atoms with E-state index in [2.05, 4.69) is 29.6 Å². The first-order valence-corrected chi connectivity index (χ1v) is 6.62. The average molecular weight is 259 g/mol. The van der Waals surface area contributed by atoms with Crippen LogP contribution in [-0.4, -0.2) is 23.9 Å². The fourth-order valence-corrected chi connectivity index (χ4v) is 2.29. The van der Waals surface area contributed by atoms with E-state index in [0.717, 1.165) is 29.8 Å². The lowest BCUT2D eigenvalue weighted by molar-refractivity contribution is 0.405. The van der Waals surface area contributed by atoms with Crippen molar-refractivity contribution in [2.24, 2.45) is 0 Å². The number of hydrogen-bond donors (Lipinski definition) is 1. The van der Waals surface area contributed by atoms with E-state index in [4.69, 9.17) is 4.74 Å². The second-order valence-corrected chi connectivity index (χ2v) is 4.50. The zero-order valence-electron chi connectivity index (χ0n) is 11.8. The summed E-state index contributed by atoms with van der Waals surface area (Å²) >= 11 is 0. The third-order valence-corrected chi connectivity index (χ3v) is 3.18. The summed E-state index contributed by atoms with van der Waals surface area (Å²) in [6.07, 6.45) is 5.10. The van der Waals surface area contributed by atoms with Gasteiger partial charge in [-0.25, -0.2) is 0 Å². The van der Waals surface area contributed by atoms with Crippen molar-refractivity contribution in [1.29, 1.82) is 0 Å². The lowest BCUT2D eigenvalue weighted by Crippen LogP contribution is -2.18. The van der Waals surface area contributed by atoms with Crippen LogP contribution in [-0.2, 0) is 6.54 Å². The highest BCUT2D eigenvalue weighted by Gasteiger charge is 2.17. The number of methoxy groups -OCH3 is 1. The summed E-state index contributed by atoms with van der Waals surface area (Å²) in [6.45, 7) is 3.10. The van der Waals surface area contributed by atoms with Crippen molar-refractivity contribution < 1.29 is 4.74 Å². The molecule has 0 fully saturated rings. The van der Waals surface area contributed by atoms with Gasteiger partial charge in [0.15, 0.2) is 0 Å². The number of nitrogens with zero attached hydrogens (tertiary/aromatic N) is 2. The molecule has 0 aliphatic carbocycles. The Balaban J connectivity index is 2.32. The lowest BCUT2D eigenvalue weighted by Gasteiger charge is -2.17. The van der Waals surface area contributed by atoms with Crippen molar-refractivity contribution >= 4 is 0 Å². The molecule has 1 heterocycles. The predicted molar refractivity (Wildman–Crippen MR) is 76.4 cm³/mol. The quantitative estimate of drug-likeness (QED) is 0.866. The molecule has 0 aliphatic rings. The van der Waals surface area contributed by atoms with Crippen LogP contribution >= 0.6 is 0 Å². The van der Waals surface area contributed by atoms with Crippen LogP contribution in [0, 0.1) is 0 Å². The fraction of sp³-hybridized carbons (Fsp3) is 0.400. The van der Waals surface area contributed by atoms with E-state index in [1.807, 2.05) is 36.1 Å². The summed E-state index contributed by atoms with van der Waals surface area (Å²) in [5.41, 5.74) is 2.28. The maximum Gasteiger partial charge on any atom is 0.123 e. The molecular weight excluding hydrogens is 238 g/mol. The maximum atomic E-state index is 5.44. The first kappa shape index (κ1) is 13.6. The summed E-state index contributed by atoms with van der Waals surface area (Å²) in [5, 5.41) is 7.72. The van der Waals surface area contributed by atoms with Crippen LogP contribution in [0.2, 0.25) is 0 Å².